The molecule has 0 saturated heterocycles. The molecule has 0 aliphatic carbocycles. The van der Waals surface area contributed by atoms with Gasteiger partial charge in [-0.25, -0.2) is 4.79 Å². The molecule has 1 amide bonds. The van der Waals surface area contributed by atoms with Crippen LogP contribution in [0.1, 0.15) is 46.2 Å². The molecule has 110 valence electrons. The zero-order valence-electron chi connectivity index (χ0n) is 12.1. The fourth-order valence-corrected chi connectivity index (χ4v) is 2.11. The molecule has 0 fully saturated rings. The van der Waals surface area contributed by atoms with Crippen LogP contribution in [-0.4, -0.2) is 26.8 Å². The van der Waals surface area contributed by atoms with Crippen molar-refractivity contribution in [2.45, 2.75) is 19.8 Å². The Bertz CT molecular complexity index is 689. The van der Waals surface area contributed by atoms with Crippen molar-refractivity contribution >= 4 is 17.6 Å². The van der Waals surface area contributed by atoms with E-state index in [9.17, 15) is 9.59 Å². The number of aromatic carboxylic acids is 1. The number of carboxylic acid groups (broad SMARTS) is 1. The highest BCUT2D eigenvalue weighted by molar-refractivity contribution is 6.09. The van der Waals surface area contributed by atoms with Gasteiger partial charge in [0.25, 0.3) is 5.91 Å². The minimum atomic E-state index is -1.18. The highest BCUT2D eigenvalue weighted by Crippen LogP contribution is 2.24. The van der Waals surface area contributed by atoms with Gasteiger partial charge in [0, 0.05) is 18.9 Å². The minimum absolute atomic E-state index is 0.0939. The molecule has 2 N–H and O–H groups in total. The number of hydrogen-bond donors (Lipinski definition) is 2. The quantitative estimate of drug-likeness (QED) is 0.904. The van der Waals surface area contributed by atoms with Gasteiger partial charge in [0.2, 0.25) is 0 Å². The van der Waals surface area contributed by atoms with Crippen molar-refractivity contribution in [3.63, 3.8) is 0 Å². The van der Waals surface area contributed by atoms with E-state index in [1.807, 2.05) is 32.0 Å². The number of carboxylic acids is 1. The number of amides is 1. The number of aryl methyl sites for hydroxylation is 1. The van der Waals surface area contributed by atoms with Crippen molar-refractivity contribution in [1.29, 1.82) is 0 Å². The first-order valence-electron chi connectivity index (χ1n) is 6.57. The Morgan fingerprint density at radius 1 is 1.29 bits per heavy atom. The van der Waals surface area contributed by atoms with E-state index in [1.54, 1.807) is 13.1 Å². The molecule has 1 aromatic carbocycles. The molecule has 21 heavy (non-hydrogen) atoms. The van der Waals surface area contributed by atoms with E-state index in [1.165, 1.54) is 10.9 Å². The Morgan fingerprint density at radius 3 is 2.57 bits per heavy atom. The zero-order chi connectivity index (χ0) is 15.6. The summed E-state index contributed by atoms with van der Waals surface area (Å²) in [7, 11) is 1.57. The lowest BCUT2D eigenvalue weighted by molar-refractivity contribution is 0.0692. The van der Waals surface area contributed by atoms with E-state index < -0.39 is 11.9 Å². The van der Waals surface area contributed by atoms with E-state index in [4.69, 9.17) is 5.11 Å². The van der Waals surface area contributed by atoms with E-state index >= 15 is 0 Å². The van der Waals surface area contributed by atoms with Crippen LogP contribution in [0.25, 0.3) is 0 Å². The summed E-state index contributed by atoms with van der Waals surface area (Å²) in [5.41, 5.74) is 1.44. The van der Waals surface area contributed by atoms with Gasteiger partial charge in [0.15, 0.2) is 5.69 Å². The average Bonchev–Trinajstić information content (AvgIpc) is 2.81. The third kappa shape index (κ3) is 3.10. The predicted octanol–water partition coefficient (Wildman–Crippen LogP) is 2.49. The molecule has 1 heterocycles. The Hall–Kier alpha value is -2.63. The van der Waals surface area contributed by atoms with Crippen LogP contribution < -0.4 is 5.32 Å². The van der Waals surface area contributed by atoms with Crippen LogP contribution in [0.4, 0.5) is 5.69 Å². The van der Waals surface area contributed by atoms with Gasteiger partial charge in [-0.3, -0.25) is 9.48 Å². The SMILES string of the molecule is CC(C)c1ccccc1NC(=O)c1nn(C)cc1C(=O)O. The van der Waals surface area contributed by atoms with Gasteiger partial charge in [0.05, 0.1) is 0 Å². The molecule has 2 aromatic rings. The van der Waals surface area contributed by atoms with E-state index in [-0.39, 0.29) is 17.2 Å². The normalized spacial score (nSPS) is 10.7. The van der Waals surface area contributed by atoms with E-state index in [0.29, 0.717) is 5.69 Å². The highest BCUT2D eigenvalue weighted by Gasteiger charge is 2.21. The van der Waals surface area contributed by atoms with Crippen molar-refractivity contribution in [1.82, 2.24) is 9.78 Å². The van der Waals surface area contributed by atoms with Crippen LogP contribution >= 0.6 is 0 Å². The molecule has 0 unspecified atom stereocenters. The summed E-state index contributed by atoms with van der Waals surface area (Å²) in [4.78, 5) is 23.4. The maximum Gasteiger partial charge on any atom is 0.339 e. The van der Waals surface area contributed by atoms with Crippen LogP contribution in [-0.2, 0) is 7.05 Å². The summed E-state index contributed by atoms with van der Waals surface area (Å²) in [5, 5.41) is 15.8. The van der Waals surface area contributed by atoms with Gasteiger partial charge >= 0.3 is 5.97 Å². The molecule has 0 aliphatic heterocycles. The number of nitrogens with one attached hydrogen (secondary N) is 1. The van der Waals surface area contributed by atoms with Gasteiger partial charge in [-0.15, -0.1) is 0 Å². The van der Waals surface area contributed by atoms with Gasteiger partial charge in [0.1, 0.15) is 5.56 Å². The van der Waals surface area contributed by atoms with Crippen LogP contribution in [0.3, 0.4) is 0 Å². The average molecular weight is 287 g/mol. The Kier molecular flexibility index (Phi) is 4.07. The third-order valence-electron chi connectivity index (χ3n) is 3.11. The predicted molar refractivity (Wildman–Crippen MR) is 78.7 cm³/mol. The number of benzene rings is 1. The van der Waals surface area contributed by atoms with Crippen LogP contribution in [0.2, 0.25) is 0 Å². The molecule has 6 heteroatoms. The van der Waals surface area contributed by atoms with Crippen LogP contribution in [0, 0.1) is 0 Å². The number of hydrogen-bond acceptors (Lipinski definition) is 3. The van der Waals surface area contributed by atoms with Crippen molar-refractivity contribution < 1.29 is 14.7 Å². The molecule has 1 aromatic heterocycles. The Labute approximate surface area is 122 Å². The summed E-state index contributed by atoms with van der Waals surface area (Å²) < 4.78 is 1.31. The summed E-state index contributed by atoms with van der Waals surface area (Å²) in [5.74, 6) is -1.46. The second kappa shape index (κ2) is 5.78. The molecule has 0 aliphatic rings. The monoisotopic (exact) mass is 287 g/mol. The maximum absolute atomic E-state index is 12.3. The second-order valence-electron chi connectivity index (χ2n) is 5.07. The number of carbonyl (C=O) groups excluding carboxylic acids is 1. The lowest BCUT2D eigenvalue weighted by Crippen LogP contribution is -2.17. The summed E-state index contributed by atoms with van der Waals surface area (Å²) in [6.07, 6.45) is 1.31. The van der Waals surface area contributed by atoms with Gasteiger partial charge in [-0.05, 0) is 17.5 Å². The lowest BCUT2D eigenvalue weighted by atomic mass is 10.0. The van der Waals surface area contributed by atoms with E-state index in [0.717, 1.165) is 5.56 Å². The number of anilines is 1. The summed E-state index contributed by atoms with van der Waals surface area (Å²) in [6.45, 7) is 4.04. The molecule has 0 bridgehead atoms. The van der Waals surface area contributed by atoms with E-state index in [2.05, 4.69) is 10.4 Å². The molecule has 6 nitrogen and oxygen atoms in total. The third-order valence-corrected chi connectivity index (χ3v) is 3.11. The fraction of sp³-hybridized carbons (Fsp3) is 0.267. The number of para-hydroxylation sites is 1. The number of nitrogens with zero attached hydrogens (tertiary/aromatic N) is 2. The standard InChI is InChI=1S/C15H17N3O3/c1-9(2)10-6-4-5-7-12(10)16-14(19)13-11(15(20)21)8-18(3)17-13/h4-9H,1-3H3,(H,16,19)(H,20,21). The molecule has 0 saturated carbocycles. The van der Waals surface area contributed by atoms with Crippen LogP contribution in [0.15, 0.2) is 30.5 Å². The first kappa shape index (κ1) is 14.8. The summed E-state index contributed by atoms with van der Waals surface area (Å²) in [6, 6.07) is 7.43. The molecule has 2 rings (SSSR count). The van der Waals surface area contributed by atoms with Gasteiger partial charge < -0.3 is 10.4 Å². The van der Waals surface area contributed by atoms with Gasteiger partial charge in [-0.2, -0.15) is 5.10 Å². The Balaban J connectivity index is 2.33. The van der Waals surface area contributed by atoms with Crippen molar-refractivity contribution in [2.24, 2.45) is 7.05 Å². The molecular weight excluding hydrogens is 270 g/mol. The largest absolute Gasteiger partial charge is 0.478 e. The van der Waals surface area contributed by atoms with Crippen molar-refractivity contribution in [2.75, 3.05) is 5.32 Å². The topological polar surface area (TPSA) is 84.2 Å². The molecular formula is C15H17N3O3. The second-order valence-corrected chi connectivity index (χ2v) is 5.07. The fourth-order valence-electron chi connectivity index (χ4n) is 2.11. The van der Waals surface area contributed by atoms with Gasteiger partial charge in [-0.1, -0.05) is 32.0 Å². The minimum Gasteiger partial charge on any atom is -0.478 e. The van der Waals surface area contributed by atoms with Crippen LogP contribution in [0.5, 0.6) is 0 Å². The molecule has 0 atom stereocenters. The number of rotatable bonds is 4. The Morgan fingerprint density at radius 2 is 1.95 bits per heavy atom. The smallest absolute Gasteiger partial charge is 0.339 e. The molecule has 0 spiro atoms. The number of carbonyl (C=O) groups is 2. The van der Waals surface area contributed by atoms with Crippen molar-refractivity contribution in [3.05, 3.63) is 47.3 Å². The molecule has 0 radical (unpaired) electrons. The zero-order valence-corrected chi connectivity index (χ0v) is 12.1. The lowest BCUT2D eigenvalue weighted by Gasteiger charge is -2.13. The number of aromatic nitrogens is 2. The highest BCUT2D eigenvalue weighted by atomic mass is 16.4. The first-order valence-corrected chi connectivity index (χ1v) is 6.57. The maximum atomic E-state index is 12.3. The summed E-state index contributed by atoms with van der Waals surface area (Å²) >= 11 is 0. The first-order chi connectivity index (χ1) is 9.90. The van der Waals surface area contributed by atoms with Crippen molar-refractivity contribution in [3.8, 4) is 0 Å².